The van der Waals surface area contributed by atoms with E-state index in [1.165, 1.54) is 0 Å². The van der Waals surface area contributed by atoms with Gasteiger partial charge in [0.1, 0.15) is 10.7 Å². The third-order valence-electron chi connectivity index (χ3n) is 2.29. The van der Waals surface area contributed by atoms with E-state index in [1.54, 1.807) is 6.07 Å². The molecule has 0 saturated heterocycles. The summed E-state index contributed by atoms with van der Waals surface area (Å²) in [6, 6.07) is 9.69. The van der Waals surface area contributed by atoms with Crippen molar-refractivity contribution in [3.63, 3.8) is 0 Å². The van der Waals surface area contributed by atoms with E-state index < -0.39 is 0 Å². The fourth-order valence-electron chi connectivity index (χ4n) is 1.42. The number of hydrogen-bond donors (Lipinski definition) is 1. The summed E-state index contributed by atoms with van der Waals surface area (Å²) >= 11 is 8.31. The molecule has 0 saturated carbocycles. The van der Waals surface area contributed by atoms with Crippen LogP contribution >= 0.6 is 28.1 Å². The third kappa shape index (κ3) is 2.18. The van der Waals surface area contributed by atoms with Gasteiger partial charge in [0.2, 0.25) is 0 Å². The zero-order valence-corrected chi connectivity index (χ0v) is 11.1. The summed E-state index contributed by atoms with van der Waals surface area (Å²) in [7, 11) is 0. The molecule has 0 aliphatic carbocycles. The summed E-state index contributed by atoms with van der Waals surface area (Å²) < 4.78 is 6.63. The first-order valence-electron chi connectivity index (χ1n) is 4.74. The predicted octanol–water partition coefficient (Wildman–Crippen LogP) is 3.65. The molecule has 0 spiro atoms. The van der Waals surface area contributed by atoms with Crippen LogP contribution in [0.4, 0.5) is 0 Å². The van der Waals surface area contributed by atoms with Crippen LogP contribution in [0.15, 0.2) is 39.2 Å². The van der Waals surface area contributed by atoms with Gasteiger partial charge in [-0.3, -0.25) is 0 Å². The number of benzene rings is 1. The SMILES string of the molecule is Cc1cc(-c2ccc(C(N)=S)o2)ccc1Br. The number of hydrogen-bond acceptors (Lipinski definition) is 2. The second-order valence-corrected chi connectivity index (χ2v) is 4.79. The van der Waals surface area contributed by atoms with Crippen LogP contribution in [0.2, 0.25) is 0 Å². The highest BCUT2D eigenvalue weighted by molar-refractivity contribution is 9.10. The molecule has 2 N–H and O–H groups in total. The average molecular weight is 296 g/mol. The smallest absolute Gasteiger partial charge is 0.161 e. The minimum Gasteiger partial charge on any atom is -0.454 e. The van der Waals surface area contributed by atoms with Crippen LogP contribution in [0, 0.1) is 6.92 Å². The van der Waals surface area contributed by atoms with E-state index in [2.05, 4.69) is 15.9 Å². The second-order valence-electron chi connectivity index (χ2n) is 3.49. The van der Waals surface area contributed by atoms with Gasteiger partial charge in [-0.05, 0) is 36.8 Å². The molecule has 0 aliphatic heterocycles. The molecular weight excluding hydrogens is 286 g/mol. The monoisotopic (exact) mass is 295 g/mol. The Bertz CT molecular complexity index is 548. The number of halogens is 1. The molecule has 16 heavy (non-hydrogen) atoms. The second kappa shape index (κ2) is 4.39. The van der Waals surface area contributed by atoms with Gasteiger partial charge in [0, 0.05) is 10.0 Å². The fraction of sp³-hybridized carbons (Fsp3) is 0.0833. The van der Waals surface area contributed by atoms with E-state index >= 15 is 0 Å². The molecule has 0 atom stereocenters. The van der Waals surface area contributed by atoms with Crippen LogP contribution in [0.5, 0.6) is 0 Å². The normalized spacial score (nSPS) is 10.4. The molecule has 1 aromatic carbocycles. The Morgan fingerprint density at radius 1 is 1.31 bits per heavy atom. The maximum Gasteiger partial charge on any atom is 0.161 e. The molecule has 82 valence electrons. The quantitative estimate of drug-likeness (QED) is 0.860. The van der Waals surface area contributed by atoms with Crippen LogP contribution in [0.25, 0.3) is 11.3 Å². The lowest BCUT2D eigenvalue weighted by atomic mass is 10.1. The number of rotatable bonds is 2. The summed E-state index contributed by atoms with van der Waals surface area (Å²) in [6.07, 6.45) is 0. The highest BCUT2D eigenvalue weighted by atomic mass is 79.9. The number of thiocarbonyl (C=S) groups is 1. The number of furan rings is 1. The van der Waals surface area contributed by atoms with Gasteiger partial charge in [0.15, 0.2) is 5.76 Å². The van der Waals surface area contributed by atoms with E-state index in [0.29, 0.717) is 5.76 Å². The Balaban J connectivity index is 2.42. The topological polar surface area (TPSA) is 39.2 Å². The molecule has 4 heteroatoms. The molecular formula is C12H10BrNOS. The third-order valence-corrected chi connectivity index (χ3v) is 3.38. The largest absolute Gasteiger partial charge is 0.454 e. The van der Waals surface area contributed by atoms with Gasteiger partial charge in [-0.15, -0.1) is 0 Å². The van der Waals surface area contributed by atoms with Gasteiger partial charge in [-0.2, -0.15) is 0 Å². The van der Waals surface area contributed by atoms with Crippen molar-refractivity contribution < 1.29 is 4.42 Å². The highest BCUT2D eigenvalue weighted by Crippen LogP contribution is 2.26. The standard InChI is InChI=1S/C12H10BrNOS/c1-7-6-8(2-3-9(7)13)10-4-5-11(15-10)12(14)16/h2-6H,1H3,(H2,14,16). The van der Waals surface area contributed by atoms with Crippen LogP contribution in [-0.4, -0.2) is 4.99 Å². The Labute approximate surface area is 108 Å². The lowest BCUT2D eigenvalue weighted by Crippen LogP contribution is -2.07. The fourth-order valence-corrected chi connectivity index (χ4v) is 1.78. The van der Waals surface area contributed by atoms with Crippen molar-refractivity contribution in [3.8, 4) is 11.3 Å². The van der Waals surface area contributed by atoms with Gasteiger partial charge in [-0.25, -0.2) is 0 Å². The first-order chi connectivity index (χ1) is 7.58. The molecule has 1 aromatic heterocycles. The van der Waals surface area contributed by atoms with Gasteiger partial charge in [0.25, 0.3) is 0 Å². The number of aryl methyl sites for hydroxylation is 1. The first-order valence-corrected chi connectivity index (χ1v) is 5.94. The Hall–Kier alpha value is -1.13. The van der Waals surface area contributed by atoms with Crippen LogP contribution in [0.3, 0.4) is 0 Å². The van der Waals surface area contributed by atoms with E-state index in [4.69, 9.17) is 22.4 Å². The van der Waals surface area contributed by atoms with Crippen LogP contribution in [-0.2, 0) is 0 Å². The maximum atomic E-state index is 5.54. The molecule has 2 nitrogen and oxygen atoms in total. The summed E-state index contributed by atoms with van der Waals surface area (Å²) in [5.74, 6) is 1.32. The highest BCUT2D eigenvalue weighted by Gasteiger charge is 2.07. The van der Waals surface area contributed by atoms with Crippen molar-refractivity contribution >= 4 is 33.1 Å². The van der Waals surface area contributed by atoms with E-state index in [0.717, 1.165) is 21.4 Å². The Kier molecular flexibility index (Phi) is 3.12. The van der Waals surface area contributed by atoms with Gasteiger partial charge in [-0.1, -0.05) is 34.2 Å². The van der Waals surface area contributed by atoms with E-state index in [-0.39, 0.29) is 4.99 Å². The molecule has 1 heterocycles. The van der Waals surface area contributed by atoms with Crippen molar-refractivity contribution in [2.75, 3.05) is 0 Å². The summed E-state index contributed by atoms with van der Waals surface area (Å²) in [4.78, 5) is 0.278. The Morgan fingerprint density at radius 2 is 2.06 bits per heavy atom. The van der Waals surface area contributed by atoms with Crippen LogP contribution < -0.4 is 5.73 Å². The minimum atomic E-state index is 0.278. The molecule has 0 aliphatic rings. The molecule has 0 unspecified atom stereocenters. The van der Waals surface area contributed by atoms with Gasteiger partial charge in [0.05, 0.1) is 0 Å². The van der Waals surface area contributed by atoms with Crippen molar-refractivity contribution in [2.24, 2.45) is 5.73 Å². The summed E-state index contributed by atoms with van der Waals surface area (Å²) in [5.41, 5.74) is 7.66. The zero-order valence-electron chi connectivity index (χ0n) is 8.66. The Morgan fingerprint density at radius 3 is 2.62 bits per heavy atom. The van der Waals surface area contributed by atoms with Crippen molar-refractivity contribution in [2.45, 2.75) is 6.92 Å². The molecule has 0 bridgehead atoms. The lowest BCUT2D eigenvalue weighted by molar-refractivity contribution is 0.573. The molecule has 2 rings (SSSR count). The van der Waals surface area contributed by atoms with E-state index in [9.17, 15) is 0 Å². The molecule has 0 fully saturated rings. The van der Waals surface area contributed by atoms with Crippen LogP contribution in [0.1, 0.15) is 11.3 Å². The molecule has 0 amide bonds. The summed E-state index contributed by atoms with van der Waals surface area (Å²) in [6.45, 7) is 2.03. The molecule has 2 aromatic rings. The predicted molar refractivity (Wildman–Crippen MR) is 72.5 cm³/mol. The van der Waals surface area contributed by atoms with Crippen molar-refractivity contribution in [3.05, 3.63) is 46.1 Å². The molecule has 0 radical (unpaired) electrons. The average Bonchev–Trinajstić information content (AvgIpc) is 2.71. The van der Waals surface area contributed by atoms with Crippen molar-refractivity contribution in [1.82, 2.24) is 0 Å². The van der Waals surface area contributed by atoms with Crippen molar-refractivity contribution in [1.29, 1.82) is 0 Å². The van der Waals surface area contributed by atoms with Gasteiger partial charge >= 0.3 is 0 Å². The number of nitrogens with two attached hydrogens (primary N) is 1. The summed E-state index contributed by atoms with van der Waals surface area (Å²) in [5, 5.41) is 0. The zero-order chi connectivity index (χ0) is 11.7. The lowest BCUT2D eigenvalue weighted by Gasteiger charge is -2.01. The maximum absolute atomic E-state index is 5.54. The van der Waals surface area contributed by atoms with E-state index in [1.807, 2.05) is 31.2 Å². The van der Waals surface area contributed by atoms with Gasteiger partial charge < -0.3 is 10.2 Å². The minimum absolute atomic E-state index is 0.278. The first kappa shape index (κ1) is 11.4.